The van der Waals surface area contributed by atoms with E-state index in [0.29, 0.717) is 37.4 Å². The van der Waals surface area contributed by atoms with E-state index in [1.165, 1.54) is 30.3 Å². The van der Waals surface area contributed by atoms with Crippen LogP contribution in [-0.2, 0) is 17.8 Å². The first-order valence-electron chi connectivity index (χ1n) is 8.76. The van der Waals surface area contributed by atoms with Gasteiger partial charge in [-0.2, -0.15) is 0 Å². The van der Waals surface area contributed by atoms with Crippen LogP contribution in [0.1, 0.15) is 22.8 Å². The predicted molar refractivity (Wildman–Crippen MR) is 106 cm³/mol. The van der Waals surface area contributed by atoms with E-state index < -0.39 is 11.3 Å². The van der Waals surface area contributed by atoms with Crippen molar-refractivity contribution in [3.63, 3.8) is 0 Å². The number of benzene rings is 2. The Balaban J connectivity index is 1.64. The van der Waals surface area contributed by atoms with Crippen molar-refractivity contribution in [2.75, 3.05) is 24.4 Å². The number of amides is 1. The van der Waals surface area contributed by atoms with Gasteiger partial charge < -0.3 is 14.2 Å². The summed E-state index contributed by atoms with van der Waals surface area (Å²) in [4.78, 5) is 16.9. The molecular weight excluding hydrogens is 405 g/mol. The van der Waals surface area contributed by atoms with Gasteiger partial charge in [-0.3, -0.25) is 13.9 Å². The molecule has 0 aliphatic carbocycles. The summed E-state index contributed by atoms with van der Waals surface area (Å²) < 4.78 is 36.7. The number of halogens is 2. The average Bonchev–Trinajstić information content (AvgIpc) is 2.63. The smallest absolute Gasteiger partial charge is 0.255 e. The van der Waals surface area contributed by atoms with Crippen LogP contribution in [-0.4, -0.2) is 50.1 Å². The van der Waals surface area contributed by atoms with Gasteiger partial charge in [0.25, 0.3) is 5.91 Å². The lowest BCUT2D eigenvalue weighted by molar-refractivity contribution is 0.0475. The summed E-state index contributed by atoms with van der Waals surface area (Å²) >= 11 is 3.74. The van der Waals surface area contributed by atoms with Crippen LogP contribution in [0.25, 0.3) is 0 Å². The quantitative estimate of drug-likeness (QED) is 0.748. The lowest BCUT2D eigenvalue weighted by Crippen LogP contribution is -2.53. The number of anilines is 1. The molecule has 0 bridgehead atoms. The van der Waals surface area contributed by atoms with Crippen molar-refractivity contribution in [3.05, 3.63) is 64.4 Å². The molecule has 0 radical (unpaired) electrons. The zero-order valence-corrected chi connectivity index (χ0v) is 16.8. The van der Waals surface area contributed by atoms with Gasteiger partial charge in [-0.25, -0.2) is 4.39 Å². The highest BCUT2D eigenvalue weighted by Gasteiger charge is 2.29. The highest BCUT2D eigenvalue weighted by atomic mass is 35.5. The summed E-state index contributed by atoms with van der Waals surface area (Å²) in [6, 6.07) is 10.8. The largest absolute Gasteiger partial charge is 0.755 e. The Labute approximate surface area is 170 Å². The summed E-state index contributed by atoms with van der Waals surface area (Å²) in [5.41, 5.74) is 1.66. The maximum absolute atomic E-state index is 13.0. The van der Waals surface area contributed by atoms with E-state index >= 15 is 0 Å². The van der Waals surface area contributed by atoms with Crippen LogP contribution in [0.4, 0.5) is 10.1 Å². The Morgan fingerprint density at radius 2 is 2.00 bits per heavy atom. The fourth-order valence-corrected chi connectivity index (χ4v) is 3.91. The van der Waals surface area contributed by atoms with Gasteiger partial charge in [0, 0.05) is 49.2 Å². The van der Waals surface area contributed by atoms with Gasteiger partial charge in [0.1, 0.15) is 5.82 Å². The predicted octanol–water partition coefficient (Wildman–Crippen LogP) is 3.03. The van der Waals surface area contributed by atoms with Gasteiger partial charge >= 0.3 is 0 Å². The van der Waals surface area contributed by atoms with Gasteiger partial charge in [0.2, 0.25) is 0 Å². The third kappa shape index (κ3) is 5.08. The van der Waals surface area contributed by atoms with E-state index in [0.717, 1.165) is 5.56 Å². The number of nitrogens with zero attached hydrogens (tertiary/aromatic N) is 2. The number of carbonyl (C=O) groups is 1. The third-order valence-corrected chi connectivity index (χ3v) is 5.41. The summed E-state index contributed by atoms with van der Waals surface area (Å²) in [5.74, 6) is -0.444. The molecule has 1 unspecified atom stereocenters. The Morgan fingerprint density at radius 3 is 2.61 bits per heavy atom. The van der Waals surface area contributed by atoms with Crippen molar-refractivity contribution in [2.45, 2.75) is 19.5 Å². The number of rotatable bonds is 5. The molecule has 1 aliphatic heterocycles. The van der Waals surface area contributed by atoms with Gasteiger partial charge in [0.05, 0.1) is 10.6 Å². The summed E-state index contributed by atoms with van der Waals surface area (Å²) in [6.45, 7) is 4.59. The van der Waals surface area contributed by atoms with E-state index in [4.69, 9.17) is 11.6 Å². The van der Waals surface area contributed by atoms with Crippen LogP contribution in [0.2, 0.25) is 5.02 Å². The molecule has 6 nitrogen and oxygen atoms in total. The SMILES string of the molecule is C[C@H]1CN(Cc2ccc(F)cc2)CCN1C(=O)c1ccc(NS(=O)[O-])cc1Cl. The first kappa shape index (κ1) is 20.7. The molecule has 9 heteroatoms. The normalized spacial score (nSPS) is 18.7. The molecule has 1 fully saturated rings. The molecule has 0 aromatic heterocycles. The standard InChI is InChI=1S/C19H21ClFN3O3S/c1-13-11-23(12-14-2-4-15(21)5-3-14)8-9-24(13)19(25)17-7-6-16(10-18(17)20)22-28(26)27/h2-7,10,13,22H,8-9,11-12H2,1H3,(H,26,27)/p-1/t13-/m0/s1. The second kappa shape index (κ2) is 9.00. The van der Waals surface area contributed by atoms with Crippen LogP contribution in [0.5, 0.6) is 0 Å². The highest BCUT2D eigenvalue weighted by molar-refractivity contribution is 7.80. The second-order valence-corrected chi connectivity index (χ2v) is 7.82. The Hall–Kier alpha value is -2.00. The number of piperazine rings is 1. The Bertz CT molecular complexity index is 881. The number of hydrogen-bond donors (Lipinski definition) is 1. The van der Waals surface area contributed by atoms with Crippen LogP contribution in [0.3, 0.4) is 0 Å². The molecule has 2 atom stereocenters. The van der Waals surface area contributed by atoms with Gasteiger partial charge in [-0.15, -0.1) is 0 Å². The first-order chi connectivity index (χ1) is 13.3. The molecular formula is C19H20ClFN3O3S-. The van der Waals surface area contributed by atoms with Crippen molar-refractivity contribution in [2.24, 2.45) is 0 Å². The fourth-order valence-electron chi connectivity index (χ4n) is 3.33. The van der Waals surface area contributed by atoms with Gasteiger partial charge in [0.15, 0.2) is 0 Å². The minimum atomic E-state index is -2.45. The average molecular weight is 425 g/mol. The van der Waals surface area contributed by atoms with Crippen LogP contribution in [0, 0.1) is 5.82 Å². The van der Waals surface area contributed by atoms with Crippen LogP contribution >= 0.6 is 11.6 Å². The van der Waals surface area contributed by atoms with Crippen LogP contribution in [0.15, 0.2) is 42.5 Å². The van der Waals surface area contributed by atoms with E-state index in [9.17, 15) is 17.9 Å². The van der Waals surface area contributed by atoms with Crippen molar-refractivity contribution in [3.8, 4) is 0 Å². The van der Waals surface area contributed by atoms with Crippen molar-refractivity contribution in [1.82, 2.24) is 9.80 Å². The second-order valence-electron chi connectivity index (χ2n) is 6.74. The highest BCUT2D eigenvalue weighted by Crippen LogP contribution is 2.24. The fraction of sp³-hybridized carbons (Fsp3) is 0.316. The number of hydrogen-bond acceptors (Lipinski definition) is 4. The summed E-state index contributed by atoms with van der Waals surface area (Å²) in [6.07, 6.45) is 0. The molecule has 1 heterocycles. The molecule has 1 saturated heterocycles. The lowest BCUT2D eigenvalue weighted by atomic mass is 10.1. The molecule has 1 amide bonds. The first-order valence-corrected chi connectivity index (χ1v) is 10.2. The monoisotopic (exact) mass is 424 g/mol. The van der Waals surface area contributed by atoms with Gasteiger partial charge in [-0.1, -0.05) is 23.7 Å². The maximum atomic E-state index is 13.0. The molecule has 0 saturated carbocycles. The van der Waals surface area contributed by atoms with Crippen molar-refractivity contribution < 1.29 is 17.9 Å². The maximum Gasteiger partial charge on any atom is 0.255 e. The van der Waals surface area contributed by atoms with E-state index in [1.54, 1.807) is 17.0 Å². The van der Waals surface area contributed by atoms with E-state index in [1.807, 2.05) is 6.92 Å². The minimum absolute atomic E-state index is 0.0234. The molecule has 1 N–H and O–H groups in total. The van der Waals surface area contributed by atoms with E-state index in [-0.39, 0.29) is 22.8 Å². The van der Waals surface area contributed by atoms with Gasteiger partial charge in [-0.05, 0) is 42.8 Å². The van der Waals surface area contributed by atoms with Crippen LogP contribution < -0.4 is 4.72 Å². The Kier molecular flexibility index (Phi) is 6.66. The topological polar surface area (TPSA) is 75.7 Å². The number of carbonyl (C=O) groups excluding carboxylic acids is 1. The zero-order chi connectivity index (χ0) is 20.3. The number of nitrogens with one attached hydrogen (secondary N) is 1. The Morgan fingerprint density at radius 1 is 1.29 bits per heavy atom. The summed E-state index contributed by atoms with van der Waals surface area (Å²) in [5, 5.41) is 0.196. The summed E-state index contributed by atoms with van der Waals surface area (Å²) in [7, 11) is 0. The molecule has 28 heavy (non-hydrogen) atoms. The zero-order valence-electron chi connectivity index (χ0n) is 15.2. The molecule has 0 spiro atoms. The molecule has 2 aromatic rings. The molecule has 3 rings (SSSR count). The van der Waals surface area contributed by atoms with Crippen molar-refractivity contribution >= 4 is 34.5 Å². The molecule has 2 aromatic carbocycles. The van der Waals surface area contributed by atoms with Crippen molar-refractivity contribution in [1.29, 1.82) is 0 Å². The van der Waals surface area contributed by atoms with E-state index in [2.05, 4.69) is 9.62 Å². The molecule has 150 valence electrons. The minimum Gasteiger partial charge on any atom is -0.755 e. The third-order valence-electron chi connectivity index (χ3n) is 4.69. The lowest BCUT2D eigenvalue weighted by Gasteiger charge is -2.40. The molecule has 1 aliphatic rings.